The number of fused-ring (bicyclic) bond motifs is 1. The van der Waals surface area contributed by atoms with Crippen molar-refractivity contribution in [2.45, 2.75) is 18.9 Å². The Bertz CT molecular complexity index is 1840. The molecule has 13 heteroatoms. The van der Waals surface area contributed by atoms with Crippen LogP contribution in [0.15, 0.2) is 73.0 Å². The molecule has 1 fully saturated rings. The largest absolute Gasteiger partial charge is 0.493 e. The van der Waals surface area contributed by atoms with E-state index in [1.165, 1.54) is 29.8 Å². The topological polar surface area (TPSA) is 121 Å². The molecular weight excluding hydrogens is 599 g/mol. The van der Waals surface area contributed by atoms with Gasteiger partial charge < -0.3 is 29.2 Å². The van der Waals surface area contributed by atoms with Crippen molar-refractivity contribution >= 4 is 39.7 Å². The molecule has 1 aliphatic rings. The van der Waals surface area contributed by atoms with E-state index in [4.69, 9.17) is 18.9 Å². The first-order chi connectivity index (χ1) is 21.9. The van der Waals surface area contributed by atoms with Crippen molar-refractivity contribution < 1.29 is 28.1 Å². The third-order valence-electron chi connectivity index (χ3n) is 7.27. The van der Waals surface area contributed by atoms with Crippen molar-refractivity contribution in [2.24, 2.45) is 0 Å². The maximum atomic E-state index is 15.3. The van der Waals surface area contributed by atoms with Crippen molar-refractivity contribution in [3.05, 3.63) is 78.8 Å². The van der Waals surface area contributed by atoms with Crippen LogP contribution in [0.5, 0.6) is 28.3 Å². The third kappa shape index (κ3) is 6.63. The second-order valence-electron chi connectivity index (χ2n) is 10.0. The summed E-state index contributed by atoms with van der Waals surface area (Å²) in [5.41, 5.74) is 2.29. The fourth-order valence-corrected chi connectivity index (χ4v) is 5.59. The maximum absolute atomic E-state index is 15.3. The number of halogens is 1. The van der Waals surface area contributed by atoms with Crippen molar-refractivity contribution in [3.63, 3.8) is 0 Å². The number of likely N-dealkylation sites (tertiary alicyclic amines) is 1. The Morgan fingerprint density at radius 3 is 2.62 bits per heavy atom. The molecule has 6 rings (SSSR count). The van der Waals surface area contributed by atoms with Crippen LogP contribution in [0, 0.1) is 5.82 Å². The summed E-state index contributed by atoms with van der Waals surface area (Å²) < 4.78 is 38.1. The zero-order chi connectivity index (χ0) is 31.3. The first-order valence-electron chi connectivity index (χ1n) is 14.0. The number of hydrogen-bond acceptors (Lipinski definition) is 11. The van der Waals surface area contributed by atoms with Gasteiger partial charge in [0.15, 0.2) is 11.5 Å². The molecule has 0 unspecified atom stereocenters. The number of hydrogen-bond donors (Lipinski definition) is 1. The number of amides is 1. The summed E-state index contributed by atoms with van der Waals surface area (Å²) >= 11 is 1.29. The van der Waals surface area contributed by atoms with Gasteiger partial charge in [-0.2, -0.15) is 0 Å². The number of ether oxygens (including phenoxy) is 4. The smallest absolute Gasteiger partial charge is 0.279 e. The molecule has 0 bridgehead atoms. The van der Waals surface area contributed by atoms with Crippen molar-refractivity contribution in [2.75, 3.05) is 32.6 Å². The van der Waals surface area contributed by atoms with E-state index in [0.29, 0.717) is 76.7 Å². The minimum Gasteiger partial charge on any atom is -0.493 e. The third-order valence-corrected chi connectivity index (χ3v) is 7.98. The fraction of sp³-hybridized carbons (Fsp3) is 0.219. The summed E-state index contributed by atoms with van der Waals surface area (Å²) in [6.07, 6.45) is 5.60. The van der Waals surface area contributed by atoms with Crippen LogP contribution >= 0.6 is 11.3 Å². The Hall–Kier alpha value is -5.30. The first-order valence-corrected chi connectivity index (χ1v) is 14.9. The molecule has 1 aliphatic heterocycles. The van der Waals surface area contributed by atoms with Crippen LogP contribution in [-0.2, 0) is 4.79 Å². The van der Waals surface area contributed by atoms with Crippen LogP contribution in [0.4, 0.5) is 15.9 Å². The van der Waals surface area contributed by atoms with Gasteiger partial charge in [0.05, 0.1) is 31.1 Å². The van der Waals surface area contributed by atoms with Crippen LogP contribution in [0.25, 0.3) is 22.2 Å². The number of anilines is 2. The van der Waals surface area contributed by atoms with Gasteiger partial charge in [0.2, 0.25) is 11.8 Å². The molecule has 0 atom stereocenters. The predicted molar refractivity (Wildman–Crippen MR) is 168 cm³/mol. The standard InChI is InChI=1S/C32H29FN6O5S/c1-4-30(40)39-11-9-20(10-12-39)43-28-14-22-25(15-27(28)41-2)35-18-36-31(22)37-24-7-6-21(13-23(24)33)44-32-38-26(17-45-32)19-5-8-29(42-3)34-16-19/h4-8,13-18,20H,1,9-12H2,2-3H3,(H,35,36,37). The van der Waals surface area contributed by atoms with Gasteiger partial charge in [-0.3, -0.25) is 4.79 Å². The van der Waals surface area contributed by atoms with E-state index in [9.17, 15) is 4.79 Å². The molecule has 0 radical (unpaired) electrons. The number of benzene rings is 2. The lowest BCUT2D eigenvalue weighted by atomic mass is 10.1. The van der Waals surface area contributed by atoms with Gasteiger partial charge in [-0.15, -0.1) is 0 Å². The number of carbonyl (C=O) groups excluding carboxylic acids is 1. The quantitative estimate of drug-likeness (QED) is 0.174. The highest BCUT2D eigenvalue weighted by atomic mass is 32.1. The molecule has 1 amide bonds. The molecule has 3 aromatic heterocycles. The van der Waals surface area contributed by atoms with Crippen molar-refractivity contribution in [1.82, 2.24) is 24.8 Å². The Balaban J connectivity index is 1.17. The van der Waals surface area contributed by atoms with Crippen molar-refractivity contribution in [1.29, 1.82) is 0 Å². The normalized spacial score (nSPS) is 13.4. The summed E-state index contributed by atoms with van der Waals surface area (Å²) in [6, 6.07) is 11.6. The Labute approximate surface area is 262 Å². The second-order valence-corrected chi connectivity index (χ2v) is 10.9. The molecule has 1 saturated heterocycles. The molecule has 2 aromatic carbocycles. The van der Waals surface area contributed by atoms with E-state index in [-0.39, 0.29) is 17.7 Å². The number of rotatable bonds is 10. The second kappa shape index (κ2) is 13.1. The van der Waals surface area contributed by atoms with Gasteiger partial charge in [-0.1, -0.05) is 17.9 Å². The molecule has 4 heterocycles. The van der Waals surface area contributed by atoms with Gasteiger partial charge >= 0.3 is 0 Å². The monoisotopic (exact) mass is 628 g/mol. The van der Waals surface area contributed by atoms with Gasteiger partial charge in [0.1, 0.15) is 29.8 Å². The number of carbonyl (C=O) groups is 1. The van der Waals surface area contributed by atoms with Gasteiger partial charge in [-0.25, -0.2) is 24.3 Å². The Kier molecular flexibility index (Phi) is 8.69. The molecule has 11 nitrogen and oxygen atoms in total. The van der Waals surface area contributed by atoms with E-state index in [1.807, 2.05) is 11.4 Å². The summed E-state index contributed by atoms with van der Waals surface area (Å²) in [5.74, 6) is 1.59. The average molecular weight is 629 g/mol. The summed E-state index contributed by atoms with van der Waals surface area (Å²) in [7, 11) is 3.11. The molecule has 1 N–H and O–H groups in total. The SMILES string of the molecule is C=CC(=O)N1CCC(Oc2cc3c(Nc4ccc(Oc5nc(-c6ccc(OC)nc6)cs5)cc4F)ncnc3cc2OC)CC1. The van der Waals surface area contributed by atoms with Gasteiger partial charge in [-0.05, 0) is 30.3 Å². The van der Waals surface area contributed by atoms with Crippen molar-refractivity contribution in [3.8, 4) is 39.6 Å². The van der Waals surface area contributed by atoms with E-state index < -0.39 is 5.82 Å². The zero-order valence-corrected chi connectivity index (χ0v) is 25.3. The lowest BCUT2D eigenvalue weighted by Crippen LogP contribution is -2.41. The average Bonchev–Trinajstić information content (AvgIpc) is 3.54. The molecule has 0 aliphatic carbocycles. The highest BCUT2D eigenvalue weighted by Crippen LogP contribution is 2.37. The van der Waals surface area contributed by atoms with E-state index in [1.54, 1.807) is 55.6 Å². The number of nitrogens with one attached hydrogen (secondary N) is 1. The fourth-order valence-electron chi connectivity index (χ4n) is 4.90. The Morgan fingerprint density at radius 2 is 1.91 bits per heavy atom. The van der Waals surface area contributed by atoms with Crippen LogP contribution < -0.4 is 24.3 Å². The predicted octanol–water partition coefficient (Wildman–Crippen LogP) is 6.40. The highest BCUT2D eigenvalue weighted by Gasteiger charge is 2.24. The zero-order valence-electron chi connectivity index (χ0n) is 24.5. The van der Waals surface area contributed by atoms with Crippen LogP contribution in [0.3, 0.4) is 0 Å². The molecular formula is C32H29FN6O5S. The number of thiazole rings is 1. The molecule has 5 aromatic rings. The number of pyridine rings is 1. The molecule has 0 saturated carbocycles. The van der Waals surface area contributed by atoms with E-state index in [2.05, 4.69) is 31.8 Å². The molecule has 230 valence electrons. The molecule has 45 heavy (non-hydrogen) atoms. The van der Waals surface area contributed by atoms with Gasteiger partial charge in [0, 0.05) is 66.7 Å². The Morgan fingerprint density at radius 1 is 1.07 bits per heavy atom. The minimum atomic E-state index is -0.541. The van der Waals surface area contributed by atoms with E-state index in [0.717, 1.165) is 5.56 Å². The molecule has 0 spiro atoms. The number of aromatic nitrogens is 4. The summed E-state index contributed by atoms with van der Waals surface area (Å²) in [5, 5.41) is 5.89. The lowest BCUT2D eigenvalue weighted by molar-refractivity contribution is -0.127. The van der Waals surface area contributed by atoms with Crippen LogP contribution in [0.1, 0.15) is 12.8 Å². The van der Waals surface area contributed by atoms with Crippen LogP contribution in [-0.4, -0.2) is 64.2 Å². The van der Waals surface area contributed by atoms with Crippen LogP contribution in [0.2, 0.25) is 0 Å². The number of nitrogens with zero attached hydrogens (tertiary/aromatic N) is 5. The van der Waals surface area contributed by atoms with E-state index >= 15 is 4.39 Å². The summed E-state index contributed by atoms with van der Waals surface area (Å²) in [6.45, 7) is 4.71. The lowest BCUT2D eigenvalue weighted by Gasteiger charge is -2.31. The minimum absolute atomic E-state index is 0.0868. The van der Waals surface area contributed by atoms with Gasteiger partial charge in [0.25, 0.3) is 5.19 Å². The first kappa shape index (κ1) is 29.8. The summed E-state index contributed by atoms with van der Waals surface area (Å²) in [4.78, 5) is 31.1. The number of piperidine rings is 1. The highest BCUT2D eigenvalue weighted by molar-refractivity contribution is 7.11. The number of methoxy groups -OCH3 is 2. The maximum Gasteiger partial charge on any atom is 0.279 e.